The Balaban J connectivity index is 1.93. The molecule has 1 N–H and O–H groups in total. The van der Waals surface area contributed by atoms with E-state index in [4.69, 9.17) is 9.47 Å². The molecule has 0 aromatic heterocycles. The Morgan fingerprint density at radius 3 is 3.08 bits per heavy atom. The zero-order valence-electron chi connectivity index (χ0n) is 7.60. The van der Waals surface area contributed by atoms with E-state index >= 15 is 0 Å². The Bertz CT molecular complexity index is 216. The lowest BCUT2D eigenvalue weighted by Gasteiger charge is -2.15. The third kappa shape index (κ3) is 1.44. The number of hydrogen-bond donors (Lipinski definition) is 1. The van der Waals surface area contributed by atoms with Crippen molar-refractivity contribution in [2.75, 3.05) is 13.2 Å². The standard InChI is InChI=1S/C9H14O4/c1-2-12-8(10)6-5-3-4-13-9(11)7(5)6/h5-7,9,11H,2-4H2,1H3. The highest BCUT2D eigenvalue weighted by Crippen LogP contribution is 2.53. The Morgan fingerprint density at radius 2 is 2.46 bits per heavy atom. The first-order valence-corrected chi connectivity index (χ1v) is 4.72. The van der Waals surface area contributed by atoms with Crippen LogP contribution in [-0.4, -0.2) is 30.6 Å². The second-order valence-corrected chi connectivity index (χ2v) is 3.57. The Hall–Kier alpha value is -0.610. The van der Waals surface area contributed by atoms with E-state index in [2.05, 4.69) is 0 Å². The van der Waals surface area contributed by atoms with Crippen molar-refractivity contribution in [3.63, 3.8) is 0 Å². The van der Waals surface area contributed by atoms with Crippen molar-refractivity contribution >= 4 is 5.97 Å². The van der Waals surface area contributed by atoms with Crippen molar-refractivity contribution in [3.8, 4) is 0 Å². The van der Waals surface area contributed by atoms with Crippen LogP contribution >= 0.6 is 0 Å². The van der Waals surface area contributed by atoms with Crippen LogP contribution < -0.4 is 0 Å². The fourth-order valence-electron chi connectivity index (χ4n) is 2.17. The molecule has 0 aromatic rings. The molecule has 1 aliphatic heterocycles. The minimum atomic E-state index is -0.756. The predicted octanol–water partition coefficient (Wildman–Crippen LogP) is 0.150. The summed E-state index contributed by atoms with van der Waals surface area (Å²) in [5, 5.41) is 9.38. The van der Waals surface area contributed by atoms with Crippen LogP contribution in [0, 0.1) is 17.8 Å². The molecule has 1 heterocycles. The third-order valence-electron chi connectivity index (χ3n) is 2.86. The molecule has 74 valence electrons. The van der Waals surface area contributed by atoms with E-state index < -0.39 is 6.29 Å². The van der Waals surface area contributed by atoms with Crippen LogP contribution in [0.5, 0.6) is 0 Å². The monoisotopic (exact) mass is 186 g/mol. The summed E-state index contributed by atoms with van der Waals surface area (Å²) in [5.74, 6) is -0.00454. The lowest BCUT2D eigenvalue weighted by atomic mass is 10.2. The van der Waals surface area contributed by atoms with Crippen LogP contribution in [0.25, 0.3) is 0 Å². The topological polar surface area (TPSA) is 55.8 Å². The van der Waals surface area contributed by atoms with Gasteiger partial charge in [-0.05, 0) is 19.3 Å². The average molecular weight is 186 g/mol. The van der Waals surface area contributed by atoms with Gasteiger partial charge in [0.15, 0.2) is 6.29 Å². The van der Waals surface area contributed by atoms with Gasteiger partial charge in [-0.15, -0.1) is 0 Å². The molecule has 4 atom stereocenters. The highest BCUT2D eigenvalue weighted by molar-refractivity contribution is 5.76. The van der Waals surface area contributed by atoms with E-state index in [0.29, 0.717) is 19.1 Å². The van der Waals surface area contributed by atoms with E-state index in [1.54, 1.807) is 6.92 Å². The minimum Gasteiger partial charge on any atom is -0.466 e. The number of esters is 1. The molecule has 0 amide bonds. The van der Waals surface area contributed by atoms with E-state index in [1.165, 1.54) is 0 Å². The van der Waals surface area contributed by atoms with Gasteiger partial charge in [0, 0.05) is 5.92 Å². The highest BCUT2D eigenvalue weighted by Gasteiger charge is 2.60. The largest absolute Gasteiger partial charge is 0.466 e. The smallest absolute Gasteiger partial charge is 0.309 e. The minimum absolute atomic E-state index is 0.00667. The zero-order valence-corrected chi connectivity index (χ0v) is 7.60. The lowest BCUT2D eigenvalue weighted by Crippen LogP contribution is -2.21. The summed E-state index contributed by atoms with van der Waals surface area (Å²) in [6, 6.07) is 0. The maximum atomic E-state index is 11.3. The van der Waals surface area contributed by atoms with Gasteiger partial charge in [-0.2, -0.15) is 0 Å². The molecule has 1 saturated carbocycles. The van der Waals surface area contributed by atoms with Crippen molar-refractivity contribution in [2.24, 2.45) is 17.8 Å². The van der Waals surface area contributed by atoms with Gasteiger partial charge in [0.05, 0.1) is 19.1 Å². The molecule has 0 spiro atoms. The Kier molecular flexibility index (Phi) is 2.26. The summed E-state index contributed by atoms with van der Waals surface area (Å²) in [5.41, 5.74) is 0. The van der Waals surface area contributed by atoms with Crippen molar-refractivity contribution < 1.29 is 19.4 Å². The van der Waals surface area contributed by atoms with Gasteiger partial charge >= 0.3 is 5.97 Å². The number of carbonyl (C=O) groups excluding carboxylic acids is 1. The summed E-state index contributed by atoms with van der Waals surface area (Å²) < 4.78 is 9.94. The van der Waals surface area contributed by atoms with E-state index in [9.17, 15) is 9.90 Å². The summed E-state index contributed by atoms with van der Waals surface area (Å²) in [4.78, 5) is 11.3. The average Bonchev–Trinajstić information content (AvgIpc) is 2.80. The molecule has 2 aliphatic rings. The van der Waals surface area contributed by atoms with Crippen LogP contribution in [0.2, 0.25) is 0 Å². The zero-order chi connectivity index (χ0) is 9.42. The summed E-state index contributed by atoms with van der Waals surface area (Å²) in [7, 11) is 0. The molecule has 13 heavy (non-hydrogen) atoms. The third-order valence-corrected chi connectivity index (χ3v) is 2.86. The lowest BCUT2D eigenvalue weighted by molar-refractivity contribution is -0.150. The molecule has 4 nitrogen and oxygen atoms in total. The summed E-state index contributed by atoms with van der Waals surface area (Å²) in [6.07, 6.45) is 0.110. The Labute approximate surface area is 76.8 Å². The van der Waals surface area contributed by atoms with Crippen molar-refractivity contribution in [1.82, 2.24) is 0 Å². The first kappa shape index (κ1) is 8.97. The SMILES string of the molecule is CCOC(=O)C1C2CCOC(O)C21. The molecule has 4 unspecified atom stereocenters. The number of aliphatic hydroxyl groups excluding tert-OH is 1. The number of carbonyl (C=O) groups is 1. The number of aliphatic hydroxyl groups is 1. The molecule has 4 heteroatoms. The number of fused-ring (bicyclic) bond motifs is 1. The van der Waals surface area contributed by atoms with Gasteiger partial charge in [0.2, 0.25) is 0 Å². The molecule has 2 fully saturated rings. The molecule has 0 aromatic carbocycles. The van der Waals surface area contributed by atoms with Gasteiger partial charge in [-0.1, -0.05) is 0 Å². The van der Waals surface area contributed by atoms with Gasteiger partial charge < -0.3 is 14.6 Å². The summed E-state index contributed by atoms with van der Waals surface area (Å²) in [6.45, 7) is 2.75. The van der Waals surface area contributed by atoms with Crippen LogP contribution in [0.3, 0.4) is 0 Å². The molecule has 0 radical (unpaired) electrons. The van der Waals surface area contributed by atoms with Gasteiger partial charge in [0.25, 0.3) is 0 Å². The van der Waals surface area contributed by atoms with Crippen LogP contribution in [0.15, 0.2) is 0 Å². The Morgan fingerprint density at radius 1 is 1.69 bits per heavy atom. The second-order valence-electron chi connectivity index (χ2n) is 3.57. The first-order valence-electron chi connectivity index (χ1n) is 4.72. The highest BCUT2D eigenvalue weighted by atomic mass is 16.6. The van der Waals surface area contributed by atoms with E-state index in [0.717, 1.165) is 6.42 Å². The van der Waals surface area contributed by atoms with Gasteiger partial charge in [-0.3, -0.25) is 4.79 Å². The number of ether oxygens (including phenoxy) is 2. The van der Waals surface area contributed by atoms with Gasteiger partial charge in [-0.25, -0.2) is 0 Å². The van der Waals surface area contributed by atoms with Crippen LogP contribution in [0.1, 0.15) is 13.3 Å². The maximum Gasteiger partial charge on any atom is 0.309 e. The molecular formula is C9H14O4. The summed E-state index contributed by atoms with van der Waals surface area (Å²) >= 11 is 0. The molecular weight excluding hydrogens is 172 g/mol. The van der Waals surface area contributed by atoms with Crippen molar-refractivity contribution in [1.29, 1.82) is 0 Å². The second kappa shape index (κ2) is 3.27. The fourth-order valence-corrected chi connectivity index (χ4v) is 2.17. The normalized spacial score (nSPS) is 42.3. The van der Waals surface area contributed by atoms with Crippen LogP contribution in [0.4, 0.5) is 0 Å². The predicted molar refractivity (Wildman–Crippen MR) is 43.7 cm³/mol. The number of rotatable bonds is 2. The van der Waals surface area contributed by atoms with Gasteiger partial charge in [0.1, 0.15) is 0 Å². The van der Waals surface area contributed by atoms with Crippen molar-refractivity contribution in [3.05, 3.63) is 0 Å². The molecule has 0 bridgehead atoms. The van der Waals surface area contributed by atoms with E-state index in [1.807, 2.05) is 0 Å². The number of hydrogen-bond acceptors (Lipinski definition) is 4. The maximum absolute atomic E-state index is 11.3. The first-order chi connectivity index (χ1) is 6.25. The molecule has 2 rings (SSSR count). The van der Waals surface area contributed by atoms with Crippen LogP contribution in [-0.2, 0) is 14.3 Å². The van der Waals surface area contributed by atoms with E-state index in [-0.39, 0.29) is 17.8 Å². The fraction of sp³-hybridized carbons (Fsp3) is 0.889. The van der Waals surface area contributed by atoms with Crippen molar-refractivity contribution in [2.45, 2.75) is 19.6 Å². The molecule has 1 saturated heterocycles. The molecule has 1 aliphatic carbocycles. The quantitative estimate of drug-likeness (QED) is 0.624.